The summed E-state index contributed by atoms with van der Waals surface area (Å²) in [7, 11) is 0. The van der Waals surface area contributed by atoms with Gasteiger partial charge in [-0.1, -0.05) is 6.92 Å². The van der Waals surface area contributed by atoms with Crippen molar-refractivity contribution in [1.82, 2.24) is 4.98 Å². The van der Waals surface area contributed by atoms with E-state index in [1.54, 1.807) is 0 Å². The van der Waals surface area contributed by atoms with Crippen molar-refractivity contribution >= 4 is 5.82 Å². The van der Waals surface area contributed by atoms with Crippen molar-refractivity contribution in [3.8, 4) is 0 Å². The largest absolute Gasteiger partial charge is 0.356 e. The Morgan fingerprint density at radius 3 is 2.81 bits per heavy atom. The van der Waals surface area contributed by atoms with Gasteiger partial charge >= 0.3 is 0 Å². The minimum Gasteiger partial charge on any atom is -0.356 e. The fraction of sp³-hybridized carbons (Fsp3) is 0.615. The minimum atomic E-state index is 0.583. The first-order chi connectivity index (χ1) is 7.61. The van der Waals surface area contributed by atoms with Gasteiger partial charge in [-0.15, -0.1) is 0 Å². The molecule has 1 atom stereocenters. The maximum Gasteiger partial charge on any atom is 0.133 e. The Morgan fingerprint density at radius 2 is 2.25 bits per heavy atom. The van der Waals surface area contributed by atoms with Gasteiger partial charge < -0.3 is 10.6 Å². The molecule has 3 nitrogen and oxygen atoms in total. The van der Waals surface area contributed by atoms with Gasteiger partial charge in [-0.2, -0.15) is 0 Å². The molecule has 2 heterocycles. The molecule has 0 spiro atoms. The van der Waals surface area contributed by atoms with Crippen LogP contribution in [0.5, 0.6) is 0 Å². The molecule has 1 saturated heterocycles. The van der Waals surface area contributed by atoms with Crippen LogP contribution in [0.1, 0.15) is 30.2 Å². The van der Waals surface area contributed by atoms with Gasteiger partial charge in [-0.05, 0) is 37.8 Å². The van der Waals surface area contributed by atoms with Crippen LogP contribution in [0.4, 0.5) is 5.82 Å². The summed E-state index contributed by atoms with van der Waals surface area (Å²) in [6.07, 6.45) is 1.26. The Labute approximate surface area is 97.7 Å². The summed E-state index contributed by atoms with van der Waals surface area (Å²) in [6, 6.07) is 2.12. The average molecular weight is 219 g/mol. The van der Waals surface area contributed by atoms with E-state index in [0.29, 0.717) is 6.54 Å². The van der Waals surface area contributed by atoms with Crippen molar-refractivity contribution in [2.45, 2.75) is 33.7 Å². The molecule has 1 aromatic heterocycles. The summed E-state index contributed by atoms with van der Waals surface area (Å²) in [6.45, 7) is 9.28. The Morgan fingerprint density at radius 1 is 1.50 bits per heavy atom. The summed E-state index contributed by atoms with van der Waals surface area (Å²) in [5, 5.41) is 0. The van der Waals surface area contributed by atoms with Crippen LogP contribution in [0.15, 0.2) is 6.07 Å². The van der Waals surface area contributed by atoms with E-state index in [9.17, 15) is 0 Å². The van der Waals surface area contributed by atoms with E-state index >= 15 is 0 Å². The highest BCUT2D eigenvalue weighted by atomic mass is 15.2. The SMILES string of the molecule is Cc1cc(C)c(CN)c(N2CCC(C)C2)n1. The molecule has 1 aromatic rings. The van der Waals surface area contributed by atoms with Crippen molar-refractivity contribution in [2.24, 2.45) is 11.7 Å². The zero-order chi connectivity index (χ0) is 11.7. The summed E-state index contributed by atoms with van der Waals surface area (Å²) in [4.78, 5) is 7.05. The number of nitrogens with zero attached hydrogens (tertiary/aromatic N) is 2. The lowest BCUT2D eigenvalue weighted by Crippen LogP contribution is -2.23. The van der Waals surface area contributed by atoms with Gasteiger partial charge in [-0.25, -0.2) is 4.98 Å². The minimum absolute atomic E-state index is 0.583. The van der Waals surface area contributed by atoms with Crippen LogP contribution < -0.4 is 10.6 Å². The van der Waals surface area contributed by atoms with Gasteiger partial charge in [0.25, 0.3) is 0 Å². The second-order valence-corrected chi connectivity index (χ2v) is 4.93. The normalized spacial score (nSPS) is 20.5. The van der Waals surface area contributed by atoms with Crippen molar-refractivity contribution in [2.75, 3.05) is 18.0 Å². The van der Waals surface area contributed by atoms with E-state index in [0.717, 1.165) is 30.5 Å². The third kappa shape index (κ3) is 2.05. The quantitative estimate of drug-likeness (QED) is 0.827. The van der Waals surface area contributed by atoms with E-state index in [-0.39, 0.29) is 0 Å². The van der Waals surface area contributed by atoms with E-state index < -0.39 is 0 Å². The van der Waals surface area contributed by atoms with Crippen LogP contribution in [0.2, 0.25) is 0 Å². The molecule has 0 amide bonds. The highest BCUT2D eigenvalue weighted by Gasteiger charge is 2.22. The molecular weight excluding hydrogens is 198 g/mol. The number of rotatable bonds is 2. The Balaban J connectivity index is 2.38. The van der Waals surface area contributed by atoms with Gasteiger partial charge in [0, 0.05) is 30.9 Å². The van der Waals surface area contributed by atoms with E-state index in [1.807, 2.05) is 0 Å². The number of hydrogen-bond acceptors (Lipinski definition) is 3. The molecule has 88 valence electrons. The molecular formula is C13H21N3. The van der Waals surface area contributed by atoms with Crippen molar-refractivity contribution in [3.63, 3.8) is 0 Å². The van der Waals surface area contributed by atoms with E-state index in [4.69, 9.17) is 5.73 Å². The van der Waals surface area contributed by atoms with Gasteiger partial charge in [0.1, 0.15) is 5.82 Å². The molecule has 3 heteroatoms. The Bertz CT molecular complexity index is 387. The molecule has 1 fully saturated rings. The molecule has 0 saturated carbocycles. The molecule has 0 aromatic carbocycles. The van der Waals surface area contributed by atoms with Crippen LogP contribution in [0.3, 0.4) is 0 Å². The van der Waals surface area contributed by atoms with Crippen LogP contribution in [0.25, 0.3) is 0 Å². The number of aryl methyl sites for hydroxylation is 2. The lowest BCUT2D eigenvalue weighted by Gasteiger charge is -2.22. The van der Waals surface area contributed by atoms with E-state index in [2.05, 4.69) is 36.7 Å². The number of nitrogens with two attached hydrogens (primary N) is 1. The average Bonchev–Trinajstić information content (AvgIpc) is 2.63. The lowest BCUT2D eigenvalue weighted by molar-refractivity contribution is 0.658. The summed E-state index contributed by atoms with van der Waals surface area (Å²) in [5.41, 5.74) is 9.40. The maximum atomic E-state index is 5.84. The van der Waals surface area contributed by atoms with Crippen LogP contribution in [0, 0.1) is 19.8 Å². The molecule has 1 aliphatic heterocycles. The summed E-state index contributed by atoms with van der Waals surface area (Å²) in [5.74, 6) is 1.89. The molecule has 1 aliphatic rings. The number of aromatic nitrogens is 1. The standard InChI is InChI=1S/C13H21N3/c1-9-4-5-16(8-9)13-12(7-14)10(2)6-11(3)15-13/h6,9H,4-5,7-8,14H2,1-3H3. The van der Waals surface area contributed by atoms with Gasteiger partial charge in [-0.3, -0.25) is 0 Å². The molecule has 16 heavy (non-hydrogen) atoms. The smallest absolute Gasteiger partial charge is 0.133 e. The van der Waals surface area contributed by atoms with Gasteiger partial charge in [0.2, 0.25) is 0 Å². The fourth-order valence-electron chi connectivity index (χ4n) is 2.48. The zero-order valence-corrected chi connectivity index (χ0v) is 10.5. The van der Waals surface area contributed by atoms with Crippen LogP contribution >= 0.6 is 0 Å². The third-order valence-electron chi connectivity index (χ3n) is 3.38. The number of anilines is 1. The monoisotopic (exact) mass is 219 g/mol. The third-order valence-corrected chi connectivity index (χ3v) is 3.38. The number of hydrogen-bond donors (Lipinski definition) is 1. The highest BCUT2D eigenvalue weighted by molar-refractivity contribution is 5.52. The van der Waals surface area contributed by atoms with Gasteiger partial charge in [0.15, 0.2) is 0 Å². The maximum absolute atomic E-state index is 5.84. The Hall–Kier alpha value is -1.09. The predicted octanol–water partition coefficient (Wildman–Crippen LogP) is 2.00. The molecule has 0 aliphatic carbocycles. The van der Waals surface area contributed by atoms with Gasteiger partial charge in [0.05, 0.1) is 0 Å². The van der Waals surface area contributed by atoms with E-state index in [1.165, 1.54) is 17.5 Å². The molecule has 2 N–H and O–H groups in total. The van der Waals surface area contributed by atoms with Crippen LogP contribution in [-0.4, -0.2) is 18.1 Å². The van der Waals surface area contributed by atoms with Crippen LogP contribution in [-0.2, 0) is 6.54 Å². The predicted molar refractivity (Wildman–Crippen MR) is 67.6 cm³/mol. The first-order valence-electron chi connectivity index (χ1n) is 6.04. The van der Waals surface area contributed by atoms with Crippen molar-refractivity contribution in [3.05, 3.63) is 22.9 Å². The Kier molecular flexibility index (Phi) is 3.15. The lowest BCUT2D eigenvalue weighted by atomic mass is 10.1. The topological polar surface area (TPSA) is 42.1 Å². The van der Waals surface area contributed by atoms with Crippen molar-refractivity contribution in [1.29, 1.82) is 0 Å². The second kappa shape index (κ2) is 4.42. The summed E-state index contributed by atoms with van der Waals surface area (Å²) < 4.78 is 0. The molecule has 0 radical (unpaired) electrons. The highest BCUT2D eigenvalue weighted by Crippen LogP contribution is 2.27. The second-order valence-electron chi connectivity index (χ2n) is 4.93. The zero-order valence-electron chi connectivity index (χ0n) is 10.5. The first-order valence-corrected chi connectivity index (χ1v) is 6.04. The summed E-state index contributed by atoms with van der Waals surface area (Å²) >= 11 is 0. The first kappa shape index (κ1) is 11.4. The fourth-order valence-corrected chi connectivity index (χ4v) is 2.48. The van der Waals surface area contributed by atoms with Crippen molar-refractivity contribution < 1.29 is 0 Å². The molecule has 0 bridgehead atoms. The number of pyridine rings is 1. The molecule has 2 rings (SSSR count). The molecule has 1 unspecified atom stereocenters.